The third-order valence-corrected chi connectivity index (χ3v) is 8.43. The third-order valence-electron chi connectivity index (χ3n) is 8.43. The third kappa shape index (κ3) is 4.01. The molecular weight excluding hydrogens is 496 g/mol. The van der Waals surface area contributed by atoms with Gasteiger partial charge in [0, 0.05) is 12.2 Å². The highest BCUT2D eigenvalue weighted by molar-refractivity contribution is 6.06. The average Bonchev–Trinajstić information content (AvgIpc) is 3.24. The summed E-state index contributed by atoms with van der Waals surface area (Å²) in [5.74, 6) is -3.03. The number of hydrogen-bond acceptors (Lipinski definition) is 6. The van der Waals surface area contributed by atoms with Gasteiger partial charge in [0.25, 0.3) is 5.91 Å². The summed E-state index contributed by atoms with van der Waals surface area (Å²) in [6, 6.07) is 13.7. The normalized spacial score (nSPS) is 30.4. The zero-order chi connectivity index (χ0) is 27.3. The molecule has 2 amide bonds. The molecule has 6 atom stereocenters. The maximum absolute atomic E-state index is 14.6. The fourth-order valence-electron chi connectivity index (χ4n) is 6.67. The highest BCUT2D eigenvalue weighted by atomic mass is 16.6. The Morgan fingerprint density at radius 2 is 1.85 bits per heavy atom. The van der Waals surface area contributed by atoms with E-state index in [9.17, 15) is 19.5 Å². The summed E-state index contributed by atoms with van der Waals surface area (Å²) >= 11 is 0. The number of ether oxygens (including phenoxy) is 2. The lowest BCUT2D eigenvalue weighted by molar-refractivity contribution is -0.153. The highest BCUT2D eigenvalue weighted by Gasteiger charge is 2.72. The van der Waals surface area contributed by atoms with Crippen molar-refractivity contribution in [2.45, 2.75) is 44.1 Å². The SMILES string of the molecule is Cc1ccc(C)c(N2CC=C[C@]34O[C@H]5C=CCOC(=O)[C@H]5[C@H]3C(=O)N([C@@H](CO)Cc3ccccc3)C4C2=O)c1. The lowest BCUT2D eigenvalue weighted by Gasteiger charge is -2.39. The van der Waals surface area contributed by atoms with Crippen molar-refractivity contribution in [1.29, 1.82) is 0 Å². The Labute approximate surface area is 227 Å². The van der Waals surface area contributed by atoms with Crippen LogP contribution >= 0.6 is 0 Å². The largest absolute Gasteiger partial charge is 0.461 e. The van der Waals surface area contributed by atoms with Crippen molar-refractivity contribution in [3.8, 4) is 0 Å². The van der Waals surface area contributed by atoms with E-state index < -0.39 is 41.6 Å². The van der Waals surface area contributed by atoms with E-state index in [1.165, 1.54) is 4.90 Å². The second kappa shape index (κ2) is 9.77. The van der Waals surface area contributed by atoms with E-state index in [1.807, 2.05) is 68.5 Å². The first-order valence-electron chi connectivity index (χ1n) is 13.4. The van der Waals surface area contributed by atoms with Gasteiger partial charge in [-0.15, -0.1) is 0 Å². The summed E-state index contributed by atoms with van der Waals surface area (Å²) in [4.78, 5) is 45.3. The first-order valence-corrected chi connectivity index (χ1v) is 13.4. The molecular formula is C31H32N2O6. The maximum Gasteiger partial charge on any atom is 0.313 e. The van der Waals surface area contributed by atoms with Crippen LogP contribution in [0.5, 0.6) is 0 Å². The molecule has 2 saturated heterocycles. The molecule has 4 aliphatic heterocycles. The summed E-state index contributed by atoms with van der Waals surface area (Å²) in [5.41, 5.74) is 2.24. The quantitative estimate of drug-likeness (QED) is 0.473. The number of aliphatic hydroxyl groups excluding tert-OH is 1. The molecule has 8 nitrogen and oxygen atoms in total. The fourth-order valence-corrected chi connectivity index (χ4v) is 6.67. The molecule has 2 fully saturated rings. The predicted molar refractivity (Wildman–Crippen MR) is 144 cm³/mol. The van der Waals surface area contributed by atoms with E-state index in [2.05, 4.69) is 0 Å². The number of esters is 1. The molecule has 2 aromatic rings. The summed E-state index contributed by atoms with van der Waals surface area (Å²) in [7, 11) is 0. The number of aliphatic hydroxyl groups is 1. The van der Waals surface area contributed by atoms with Crippen LogP contribution in [-0.4, -0.2) is 71.3 Å². The zero-order valence-corrected chi connectivity index (χ0v) is 22.0. The highest BCUT2D eigenvalue weighted by Crippen LogP contribution is 2.54. The predicted octanol–water partition coefficient (Wildman–Crippen LogP) is 2.50. The van der Waals surface area contributed by atoms with Crippen LogP contribution in [0.3, 0.4) is 0 Å². The molecule has 1 spiro atoms. The Hall–Kier alpha value is -3.75. The van der Waals surface area contributed by atoms with Crippen LogP contribution in [0.1, 0.15) is 16.7 Å². The van der Waals surface area contributed by atoms with Gasteiger partial charge in [0.15, 0.2) is 0 Å². The molecule has 0 radical (unpaired) electrons. The van der Waals surface area contributed by atoms with E-state index in [-0.39, 0.29) is 31.6 Å². The minimum Gasteiger partial charge on any atom is -0.461 e. The molecule has 39 heavy (non-hydrogen) atoms. The van der Waals surface area contributed by atoms with E-state index in [4.69, 9.17) is 9.47 Å². The number of likely N-dealkylation sites (tertiary alicyclic amines) is 1. The Kier molecular flexibility index (Phi) is 6.40. The van der Waals surface area contributed by atoms with Crippen LogP contribution < -0.4 is 4.90 Å². The first kappa shape index (κ1) is 25.5. The summed E-state index contributed by atoms with van der Waals surface area (Å²) in [6.45, 7) is 3.97. The van der Waals surface area contributed by atoms with Gasteiger partial charge in [0.05, 0.1) is 24.7 Å². The molecule has 0 saturated carbocycles. The molecule has 0 bridgehead atoms. The molecule has 8 heteroatoms. The second-order valence-corrected chi connectivity index (χ2v) is 10.8. The molecule has 0 aromatic heterocycles. The van der Waals surface area contributed by atoms with Gasteiger partial charge in [0.2, 0.25) is 5.91 Å². The standard InChI is InChI=1S/C31H32N2O6/c1-19-11-12-20(2)23(16-19)32-14-7-13-31-26(25-24(39-31)10-6-15-38-30(25)37)28(35)33(27(31)29(32)36)22(18-34)17-21-8-4-3-5-9-21/h3-13,16,22,24-27,34H,14-15,17-18H2,1-2H3/t22-,24+,25-,26+,27?,31+/m1/s1. The van der Waals surface area contributed by atoms with Gasteiger partial charge in [-0.05, 0) is 49.1 Å². The van der Waals surface area contributed by atoms with Gasteiger partial charge in [-0.3, -0.25) is 14.4 Å². The number of hydrogen-bond donors (Lipinski definition) is 1. The number of aryl methyl sites for hydroxylation is 2. The molecule has 6 rings (SSSR count). The van der Waals surface area contributed by atoms with E-state index >= 15 is 0 Å². The van der Waals surface area contributed by atoms with E-state index in [0.29, 0.717) is 6.42 Å². The lowest BCUT2D eigenvalue weighted by atomic mass is 9.78. The average molecular weight is 529 g/mol. The Morgan fingerprint density at radius 3 is 2.62 bits per heavy atom. The van der Waals surface area contributed by atoms with Gasteiger partial charge in [-0.2, -0.15) is 0 Å². The number of cyclic esters (lactones) is 1. The number of nitrogens with zero attached hydrogens (tertiary/aromatic N) is 2. The molecule has 1 N–H and O–H groups in total. The van der Waals surface area contributed by atoms with Gasteiger partial charge < -0.3 is 24.4 Å². The molecule has 4 heterocycles. The van der Waals surface area contributed by atoms with Crippen LogP contribution in [0.4, 0.5) is 5.69 Å². The van der Waals surface area contributed by atoms with Crippen LogP contribution in [-0.2, 0) is 30.3 Å². The van der Waals surface area contributed by atoms with Crippen LogP contribution in [0, 0.1) is 25.7 Å². The van der Waals surface area contributed by atoms with Crippen molar-refractivity contribution in [2.75, 3.05) is 24.7 Å². The van der Waals surface area contributed by atoms with Crippen molar-refractivity contribution < 1.29 is 29.0 Å². The minimum atomic E-state index is -1.37. The van der Waals surface area contributed by atoms with Gasteiger partial charge in [-0.25, -0.2) is 0 Å². The fraction of sp³-hybridized carbons (Fsp3) is 0.387. The first-order chi connectivity index (χ1) is 18.9. The van der Waals surface area contributed by atoms with Crippen LogP contribution in [0.25, 0.3) is 0 Å². The second-order valence-electron chi connectivity index (χ2n) is 10.8. The lowest BCUT2D eigenvalue weighted by Crippen LogP contribution is -2.58. The zero-order valence-electron chi connectivity index (χ0n) is 22.0. The maximum atomic E-state index is 14.6. The topological polar surface area (TPSA) is 96.4 Å². The number of carbonyl (C=O) groups is 3. The van der Waals surface area contributed by atoms with E-state index in [0.717, 1.165) is 22.4 Å². The van der Waals surface area contributed by atoms with Gasteiger partial charge >= 0.3 is 5.97 Å². The smallest absolute Gasteiger partial charge is 0.313 e. The molecule has 0 aliphatic carbocycles. The number of anilines is 1. The van der Waals surface area contributed by atoms with Crippen molar-refractivity contribution >= 4 is 23.5 Å². The van der Waals surface area contributed by atoms with Crippen molar-refractivity contribution in [2.24, 2.45) is 11.8 Å². The summed E-state index contributed by atoms with van der Waals surface area (Å²) in [6.07, 6.45) is 6.79. The van der Waals surface area contributed by atoms with Crippen molar-refractivity contribution in [3.63, 3.8) is 0 Å². The van der Waals surface area contributed by atoms with Crippen LogP contribution in [0.2, 0.25) is 0 Å². The Balaban J connectivity index is 1.49. The summed E-state index contributed by atoms with van der Waals surface area (Å²) in [5, 5.41) is 10.6. The number of rotatable bonds is 5. The van der Waals surface area contributed by atoms with Gasteiger partial charge in [-0.1, -0.05) is 60.7 Å². The summed E-state index contributed by atoms with van der Waals surface area (Å²) < 4.78 is 12.0. The Bertz CT molecular complexity index is 1370. The number of fused-ring (bicyclic) bond motifs is 2. The molecule has 2 aromatic carbocycles. The van der Waals surface area contributed by atoms with Crippen LogP contribution in [0.15, 0.2) is 72.8 Å². The minimum absolute atomic E-state index is 0.110. The molecule has 4 aliphatic rings. The number of carbonyl (C=O) groups excluding carboxylic acids is 3. The molecule has 1 unspecified atom stereocenters. The van der Waals surface area contributed by atoms with Gasteiger partial charge in [0.1, 0.15) is 24.2 Å². The monoisotopic (exact) mass is 528 g/mol. The van der Waals surface area contributed by atoms with Crippen molar-refractivity contribution in [1.82, 2.24) is 4.90 Å². The number of benzene rings is 2. The van der Waals surface area contributed by atoms with E-state index in [1.54, 1.807) is 23.1 Å². The van der Waals surface area contributed by atoms with Crippen molar-refractivity contribution in [3.05, 3.63) is 89.5 Å². The molecule has 202 valence electrons. The Morgan fingerprint density at radius 1 is 1.05 bits per heavy atom. The number of amides is 2.